The molecule has 3 rings (SSSR count). The van der Waals surface area contributed by atoms with Gasteiger partial charge in [-0.15, -0.1) is 0 Å². The van der Waals surface area contributed by atoms with Crippen molar-refractivity contribution in [2.75, 3.05) is 18.1 Å². The van der Waals surface area contributed by atoms with Gasteiger partial charge in [-0.3, -0.25) is 4.79 Å². The Balaban J connectivity index is 1.76. The van der Waals surface area contributed by atoms with Crippen LogP contribution in [0.2, 0.25) is 10.0 Å². The van der Waals surface area contributed by atoms with E-state index in [-0.39, 0.29) is 23.7 Å². The van der Waals surface area contributed by atoms with E-state index in [0.717, 1.165) is 11.4 Å². The van der Waals surface area contributed by atoms with E-state index in [1.807, 2.05) is 26.0 Å². The smallest absolute Gasteiger partial charge is 0.359 e. The second-order valence-corrected chi connectivity index (χ2v) is 7.69. The van der Waals surface area contributed by atoms with Crippen LogP contribution in [-0.4, -0.2) is 39.8 Å². The molecule has 0 N–H and O–H groups in total. The summed E-state index contributed by atoms with van der Waals surface area (Å²) in [6, 6.07) is 13.6. The molecule has 8 nitrogen and oxygen atoms in total. The van der Waals surface area contributed by atoms with Crippen LogP contribution < -0.4 is 4.90 Å². The van der Waals surface area contributed by atoms with Gasteiger partial charge in [0.05, 0.1) is 23.2 Å². The lowest BCUT2D eigenvalue weighted by Crippen LogP contribution is -2.35. The number of benzene rings is 1. The Kier molecular flexibility index (Phi) is 7.46. The maximum Gasteiger partial charge on any atom is 0.359 e. The van der Waals surface area contributed by atoms with E-state index in [4.69, 9.17) is 33.2 Å². The number of carbonyl (C=O) groups excluding carboxylic acids is 2. The number of esters is 1. The van der Waals surface area contributed by atoms with Crippen molar-refractivity contribution in [1.29, 1.82) is 5.26 Å². The van der Waals surface area contributed by atoms with E-state index in [1.54, 1.807) is 35.0 Å². The van der Waals surface area contributed by atoms with Gasteiger partial charge in [-0.25, -0.2) is 14.5 Å². The Morgan fingerprint density at radius 1 is 1.19 bits per heavy atom. The Labute approximate surface area is 194 Å². The van der Waals surface area contributed by atoms with Crippen molar-refractivity contribution in [2.24, 2.45) is 0 Å². The lowest BCUT2D eigenvalue weighted by molar-refractivity contribution is -0.121. The molecular formula is C22H19Cl2N5O3. The number of amides is 1. The van der Waals surface area contributed by atoms with E-state index < -0.39 is 18.5 Å². The average Bonchev–Trinajstić information content (AvgIpc) is 3.10. The standard InChI is InChI=1S/C22H19Cl2N5O3/c1-14-11-15(2)29(27-14)19-8-7-18(24)21(26-19)22(31)32-13-20(30)28(10-4-9-25)17-6-3-5-16(23)12-17/h3,5-8,11-12H,4,10,13H2,1-2H3. The molecule has 2 heterocycles. The number of hydrogen-bond acceptors (Lipinski definition) is 6. The highest BCUT2D eigenvalue weighted by atomic mass is 35.5. The normalized spacial score (nSPS) is 10.5. The van der Waals surface area contributed by atoms with Crippen molar-refractivity contribution in [1.82, 2.24) is 14.8 Å². The van der Waals surface area contributed by atoms with Crippen molar-refractivity contribution >= 4 is 40.8 Å². The van der Waals surface area contributed by atoms with Gasteiger partial charge in [-0.2, -0.15) is 10.4 Å². The molecule has 164 valence electrons. The van der Waals surface area contributed by atoms with Crippen molar-refractivity contribution < 1.29 is 14.3 Å². The second-order valence-electron chi connectivity index (χ2n) is 6.85. The molecular weight excluding hydrogens is 453 g/mol. The first-order chi connectivity index (χ1) is 15.3. The molecule has 3 aromatic rings. The van der Waals surface area contributed by atoms with Crippen molar-refractivity contribution in [3.63, 3.8) is 0 Å². The Morgan fingerprint density at radius 3 is 2.62 bits per heavy atom. The molecule has 0 radical (unpaired) electrons. The summed E-state index contributed by atoms with van der Waals surface area (Å²) in [7, 11) is 0. The van der Waals surface area contributed by atoms with E-state index in [1.165, 1.54) is 11.0 Å². The summed E-state index contributed by atoms with van der Waals surface area (Å²) in [5, 5.41) is 13.8. The number of nitrogens with zero attached hydrogens (tertiary/aromatic N) is 5. The number of nitriles is 1. The number of aryl methyl sites for hydroxylation is 2. The summed E-state index contributed by atoms with van der Waals surface area (Å²) < 4.78 is 6.77. The highest BCUT2D eigenvalue weighted by Crippen LogP contribution is 2.21. The number of rotatable bonds is 7. The molecule has 1 aromatic carbocycles. The molecule has 0 aliphatic heterocycles. The number of pyridine rings is 1. The molecule has 2 aromatic heterocycles. The maximum atomic E-state index is 12.7. The highest BCUT2D eigenvalue weighted by molar-refractivity contribution is 6.33. The van der Waals surface area contributed by atoms with Crippen LogP contribution in [0.15, 0.2) is 42.5 Å². The van der Waals surface area contributed by atoms with Gasteiger partial charge in [0.25, 0.3) is 5.91 Å². The zero-order valence-corrected chi connectivity index (χ0v) is 18.9. The minimum atomic E-state index is -0.849. The van der Waals surface area contributed by atoms with Gasteiger partial charge < -0.3 is 9.64 Å². The van der Waals surface area contributed by atoms with Gasteiger partial charge in [0.2, 0.25) is 0 Å². The van der Waals surface area contributed by atoms with Crippen LogP contribution in [0.5, 0.6) is 0 Å². The molecule has 32 heavy (non-hydrogen) atoms. The van der Waals surface area contributed by atoms with Crippen molar-refractivity contribution in [3.8, 4) is 11.9 Å². The third-order valence-corrected chi connectivity index (χ3v) is 4.99. The first-order valence-electron chi connectivity index (χ1n) is 9.60. The summed E-state index contributed by atoms with van der Waals surface area (Å²) in [4.78, 5) is 31.0. The number of anilines is 1. The number of carbonyl (C=O) groups is 2. The molecule has 10 heteroatoms. The summed E-state index contributed by atoms with van der Waals surface area (Å²) in [6.07, 6.45) is 0.101. The van der Waals surface area contributed by atoms with E-state index >= 15 is 0 Å². The third kappa shape index (κ3) is 5.44. The zero-order valence-electron chi connectivity index (χ0n) is 17.4. The third-order valence-electron chi connectivity index (χ3n) is 4.45. The molecule has 0 aliphatic carbocycles. The van der Waals surface area contributed by atoms with Gasteiger partial charge in [0.1, 0.15) is 0 Å². The molecule has 0 bridgehead atoms. The highest BCUT2D eigenvalue weighted by Gasteiger charge is 2.21. The number of halogens is 2. The van der Waals surface area contributed by atoms with Gasteiger partial charge in [-0.1, -0.05) is 29.3 Å². The van der Waals surface area contributed by atoms with Crippen molar-refractivity contribution in [2.45, 2.75) is 20.3 Å². The molecule has 1 amide bonds. The van der Waals surface area contributed by atoms with Gasteiger partial charge >= 0.3 is 5.97 Å². The summed E-state index contributed by atoms with van der Waals surface area (Å²) in [5.41, 5.74) is 2.00. The van der Waals surface area contributed by atoms with Crippen LogP contribution in [0.25, 0.3) is 5.82 Å². The van der Waals surface area contributed by atoms with E-state index in [0.29, 0.717) is 16.5 Å². The lowest BCUT2D eigenvalue weighted by atomic mass is 10.2. The summed E-state index contributed by atoms with van der Waals surface area (Å²) in [6.45, 7) is 3.27. The minimum Gasteiger partial charge on any atom is -0.451 e. The monoisotopic (exact) mass is 471 g/mol. The topological polar surface area (TPSA) is 101 Å². The lowest BCUT2D eigenvalue weighted by Gasteiger charge is -2.21. The molecule has 0 spiro atoms. The predicted octanol–water partition coefficient (Wildman–Crippen LogP) is 4.29. The van der Waals surface area contributed by atoms with E-state index in [2.05, 4.69) is 10.1 Å². The Bertz CT molecular complexity index is 1200. The molecule has 0 saturated carbocycles. The summed E-state index contributed by atoms with van der Waals surface area (Å²) >= 11 is 12.2. The second kappa shape index (κ2) is 10.3. The maximum absolute atomic E-state index is 12.7. The fraction of sp³-hybridized carbons (Fsp3) is 0.227. The average molecular weight is 472 g/mol. The quantitative estimate of drug-likeness (QED) is 0.476. The molecule has 0 saturated heterocycles. The molecule has 0 fully saturated rings. The Morgan fingerprint density at radius 2 is 1.97 bits per heavy atom. The number of hydrogen-bond donors (Lipinski definition) is 0. The molecule has 0 atom stereocenters. The predicted molar refractivity (Wildman–Crippen MR) is 120 cm³/mol. The molecule has 0 aliphatic rings. The zero-order chi connectivity index (χ0) is 23.3. The number of ether oxygens (including phenoxy) is 1. The van der Waals surface area contributed by atoms with Gasteiger partial charge in [-0.05, 0) is 50.2 Å². The minimum absolute atomic E-state index is 0.0870. The molecule has 0 unspecified atom stereocenters. The van der Waals surface area contributed by atoms with Crippen LogP contribution in [0.1, 0.15) is 28.3 Å². The first-order valence-corrected chi connectivity index (χ1v) is 10.4. The van der Waals surface area contributed by atoms with Crippen LogP contribution in [0, 0.1) is 25.2 Å². The van der Waals surface area contributed by atoms with Crippen molar-refractivity contribution in [3.05, 3.63) is 69.6 Å². The van der Waals surface area contributed by atoms with Crippen LogP contribution in [0.3, 0.4) is 0 Å². The van der Waals surface area contributed by atoms with Crippen LogP contribution in [-0.2, 0) is 9.53 Å². The first kappa shape index (κ1) is 23.3. The fourth-order valence-corrected chi connectivity index (χ4v) is 3.40. The SMILES string of the molecule is Cc1cc(C)n(-c2ccc(Cl)c(C(=O)OCC(=O)N(CCC#N)c3cccc(Cl)c3)n2)n1. The Hall–Kier alpha value is -3.41. The van der Waals surface area contributed by atoms with Gasteiger partial charge in [0.15, 0.2) is 18.1 Å². The fourth-order valence-electron chi connectivity index (χ4n) is 3.03. The van der Waals surface area contributed by atoms with Gasteiger partial charge in [0, 0.05) is 22.9 Å². The van der Waals surface area contributed by atoms with Crippen LogP contribution >= 0.6 is 23.2 Å². The van der Waals surface area contributed by atoms with Crippen LogP contribution in [0.4, 0.5) is 5.69 Å². The number of aromatic nitrogens is 3. The summed E-state index contributed by atoms with van der Waals surface area (Å²) in [5.74, 6) is -0.965. The van der Waals surface area contributed by atoms with E-state index in [9.17, 15) is 9.59 Å². The largest absolute Gasteiger partial charge is 0.451 e.